The average molecular weight is 975 g/mol. The average Bonchev–Trinajstić information content (AvgIpc) is 4.14. The lowest BCUT2D eigenvalue weighted by molar-refractivity contribution is 0.332. The minimum absolute atomic E-state index is 0.0473. The molecule has 11 aromatic rings. The summed E-state index contributed by atoms with van der Waals surface area (Å²) >= 11 is 0. The maximum absolute atomic E-state index is 7.31. The highest BCUT2D eigenvalue weighted by Gasteiger charge is 2.48. The van der Waals surface area contributed by atoms with Crippen molar-refractivity contribution in [3.63, 3.8) is 0 Å². The van der Waals surface area contributed by atoms with Gasteiger partial charge in [0.15, 0.2) is 5.58 Å². The first-order chi connectivity index (χ1) is 35.9. The van der Waals surface area contributed by atoms with Crippen LogP contribution in [0.5, 0.6) is 0 Å². The van der Waals surface area contributed by atoms with Crippen LogP contribution in [0, 0.1) is 0 Å². The Balaban J connectivity index is 1.14. The molecular weight excluding hydrogens is 912 g/mol. The van der Waals surface area contributed by atoms with Crippen LogP contribution >= 0.6 is 0 Å². The zero-order valence-corrected chi connectivity index (χ0v) is 44.9. The molecule has 9 aromatic carbocycles. The van der Waals surface area contributed by atoms with Gasteiger partial charge in [0, 0.05) is 55.8 Å². The monoisotopic (exact) mass is 974 g/mol. The standard InChI is InChI=1S/C70H63BN2O2/c1-67(2,3)45-27-31-58(49(35-45)44-21-15-12-16-22-44)72-59-32-28-46(68(4,5)6)36-57(59)71-64-53(38-54-48-23-17-18-24-61(48)75-66(54)65(64)72)50-37-51-52-39-55-56(70(9,10)34-33-69(55,7)8)40-62(52)74-63(51)41-60(50)73(71)47-29-25-43(26-30-47)42-19-13-11-14-20-42/h11-32,35-41H,33-34H2,1-10H3. The molecule has 14 rings (SSSR count). The lowest BCUT2D eigenvalue weighted by Crippen LogP contribution is -2.61. The number of para-hydroxylation sites is 1. The molecule has 0 atom stereocenters. The fourth-order valence-electron chi connectivity index (χ4n) is 13.0. The van der Waals surface area contributed by atoms with Crippen LogP contribution in [0.25, 0.3) is 77.3 Å². The lowest BCUT2D eigenvalue weighted by atomic mass is 9.43. The molecule has 0 unspecified atom stereocenters. The van der Waals surface area contributed by atoms with Crippen LogP contribution in [0.3, 0.4) is 0 Å². The van der Waals surface area contributed by atoms with Crippen molar-refractivity contribution in [2.75, 3.05) is 9.71 Å². The van der Waals surface area contributed by atoms with Gasteiger partial charge in [-0.15, -0.1) is 0 Å². The number of hydrogen-bond acceptors (Lipinski definition) is 4. The summed E-state index contributed by atoms with van der Waals surface area (Å²) < 4.78 is 14.5. The Morgan fingerprint density at radius 3 is 1.71 bits per heavy atom. The second-order valence-corrected chi connectivity index (χ2v) is 25.2. The molecule has 1 aliphatic carbocycles. The van der Waals surface area contributed by atoms with Crippen molar-refractivity contribution in [2.45, 2.75) is 104 Å². The van der Waals surface area contributed by atoms with E-state index < -0.39 is 0 Å². The van der Waals surface area contributed by atoms with Gasteiger partial charge in [0.05, 0.1) is 11.4 Å². The first-order valence-corrected chi connectivity index (χ1v) is 27.1. The molecule has 0 saturated heterocycles. The molecule has 368 valence electrons. The predicted octanol–water partition coefficient (Wildman–Crippen LogP) is 18.5. The smallest absolute Gasteiger partial charge is 0.333 e. The minimum atomic E-state index is -0.249. The number of fused-ring (bicyclic) bond motifs is 12. The minimum Gasteiger partial charge on any atom is -0.456 e. The summed E-state index contributed by atoms with van der Waals surface area (Å²) in [5.41, 5.74) is 24.1. The van der Waals surface area contributed by atoms with Crippen LogP contribution < -0.4 is 20.6 Å². The molecule has 0 fully saturated rings. The van der Waals surface area contributed by atoms with Crippen molar-refractivity contribution in [3.8, 4) is 33.4 Å². The highest BCUT2D eigenvalue weighted by Crippen LogP contribution is 2.55. The van der Waals surface area contributed by atoms with Crippen molar-refractivity contribution in [1.29, 1.82) is 0 Å². The summed E-state index contributed by atoms with van der Waals surface area (Å²) in [5, 5.41) is 4.53. The van der Waals surface area contributed by atoms with Crippen molar-refractivity contribution in [2.24, 2.45) is 0 Å². The maximum Gasteiger partial charge on any atom is 0.333 e. The van der Waals surface area contributed by atoms with Gasteiger partial charge in [-0.1, -0.05) is 178 Å². The second-order valence-electron chi connectivity index (χ2n) is 25.2. The number of benzene rings is 9. The predicted molar refractivity (Wildman–Crippen MR) is 318 cm³/mol. The highest BCUT2D eigenvalue weighted by molar-refractivity contribution is 6.94. The SMILES string of the molecule is CC(C)(C)c1ccc2c(c1)B1c3c(cc4c(oc5ccccc54)c3N2c2ccc(C(C)(C)C)cc2-c2ccccc2)-c2cc3c(cc2N1c1ccc(-c2ccccc2)cc1)oc1cc2c(cc13)C(C)(C)CCC2(C)C. The number of rotatable bonds is 4. The first kappa shape index (κ1) is 45.8. The second kappa shape index (κ2) is 15.9. The summed E-state index contributed by atoms with van der Waals surface area (Å²) in [6.45, 7) is 23.3. The molecule has 4 heterocycles. The van der Waals surface area contributed by atoms with Gasteiger partial charge in [-0.3, -0.25) is 0 Å². The fourth-order valence-corrected chi connectivity index (χ4v) is 13.0. The Labute approximate surface area is 441 Å². The third kappa shape index (κ3) is 6.96. The third-order valence-electron chi connectivity index (χ3n) is 17.4. The van der Waals surface area contributed by atoms with E-state index in [0.717, 1.165) is 79.8 Å². The summed E-state index contributed by atoms with van der Waals surface area (Å²) in [6, 6.07) is 66.1. The molecule has 75 heavy (non-hydrogen) atoms. The van der Waals surface area contributed by atoms with Gasteiger partial charge in [-0.05, 0) is 151 Å². The number of furan rings is 2. The maximum atomic E-state index is 7.31. The van der Waals surface area contributed by atoms with E-state index in [0.29, 0.717) is 0 Å². The normalized spacial score (nSPS) is 15.6. The summed E-state index contributed by atoms with van der Waals surface area (Å²) in [5.74, 6) is 0. The molecular formula is C70H63BN2O2. The largest absolute Gasteiger partial charge is 0.456 e. The van der Waals surface area contributed by atoms with E-state index in [1.165, 1.54) is 71.9 Å². The summed E-state index contributed by atoms with van der Waals surface area (Å²) in [6.07, 6.45) is 2.29. The Morgan fingerprint density at radius 2 is 1.01 bits per heavy atom. The van der Waals surface area contributed by atoms with Crippen molar-refractivity contribution in [1.82, 2.24) is 0 Å². The molecule has 0 saturated carbocycles. The molecule has 3 aliphatic rings. The molecule has 0 amide bonds. The molecule has 0 radical (unpaired) electrons. The number of nitrogens with zero attached hydrogens (tertiary/aromatic N) is 2. The molecule has 4 nitrogen and oxygen atoms in total. The van der Waals surface area contributed by atoms with Gasteiger partial charge in [0.2, 0.25) is 0 Å². The molecule has 2 aromatic heterocycles. The molecule has 2 aliphatic heterocycles. The van der Waals surface area contributed by atoms with Gasteiger partial charge in [0.25, 0.3) is 0 Å². The van der Waals surface area contributed by atoms with Crippen molar-refractivity contribution in [3.05, 3.63) is 198 Å². The van der Waals surface area contributed by atoms with E-state index in [2.05, 4.69) is 255 Å². The summed E-state index contributed by atoms with van der Waals surface area (Å²) in [4.78, 5) is 5.19. The zero-order valence-electron chi connectivity index (χ0n) is 44.9. The Bertz CT molecular complexity index is 4140. The third-order valence-corrected chi connectivity index (χ3v) is 17.4. The van der Waals surface area contributed by atoms with E-state index in [4.69, 9.17) is 8.83 Å². The first-order valence-electron chi connectivity index (χ1n) is 27.1. The Hall–Kier alpha value is -7.76. The van der Waals surface area contributed by atoms with Gasteiger partial charge in [-0.25, -0.2) is 0 Å². The van der Waals surface area contributed by atoms with Crippen molar-refractivity contribution < 1.29 is 8.83 Å². The van der Waals surface area contributed by atoms with Crippen molar-refractivity contribution >= 4 is 90.1 Å². The molecule has 5 heteroatoms. The van der Waals surface area contributed by atoms with Gasteiger partial charge >= 0.3 is 6.85 Å². The van der Waals surface area contributed by atoms with E-state index in [9.17, 15) is 0 Å². The van der Waals surface area contributed by atoms with Crippen LogP contribution in [0.2, 0.25) is 0 Å². The van der Waals surface area contributed by atoms with E-state index in [-0.39, 0.29) is 28.5 Å². The number of anilines is 5. The van der Waals surface area contributed by atoms with Crippen LogP contribution in [0.1, 0.15) is 104 Å². The Kier molecular flexibility index (Phi) is 9.71. The molecule has 0 bridgehead atoms. The summed E-state index contributed by atoms with van der Waals surface area (Å²) in [7, 11) is 0. The van der Waals surface area contributed by atoms with Crippen LogP contribution in [0.15, 0.2) is 185 Å². The lowest BCUT2D eigenvalue weighted by Gasteiger charge is -2.46. The van der Waals surface area contributed by atoms with Crippen LogP contribution in [-0.4, -0.2) is 6.85 Å². The molecule has 0 spiro atoms. The topological polar surface area (TPSA) is 32.8 Å². The van der Waals surface area contributed by atoms with Gasteiger partial charge < -0.3 is 18.5 Å². The van der Waals surface area contributed by atoms with Crippen LogP contribution in [0.4, 0.5) is 28.4 Å². The molecule has 0 N–H and O–H groups in total. The fraction of sp³-hybridized carbons (Fsp3) is 0.229. The Morgan fingerprint density at radius 1 is 0.440 bits per heavy atom. The quantitative estimate of drug-likeness (QED) is 0.165. The van der Waals surface area contributed by atoms with Gasteiger partial charge in [-0.2, -0.15) is 0 Å². The van der Waals surface area contributed by atoms with Crippen LogP contribution in [-0.2, 0) is 21.7 Å². The van der Waals surface area contributed by atoms with Gasteiger partial charge in [0.1, 0.15) is 16.7 Å². The van der Waals surface area contributed by atoms with E-state index in [1.54, 1.807) is 0 Å². The van der Waals surface area contributed by atoms with E-state index >= 15 is 0 Å². The highest BCUT2D eigenvalue weighted by atomic mass is 16.3. The zero-order chi connectivity index (χ0) is 51.5. The number of hydrogen-bond donors (Lipinski definition) is 0. The van der Waals surface area contributed by atoms with E-state index in [1.807, 2.05) is 0 Å².